The summed E-state index contributed by atoms with van der Waals surface area (Å²) in [5.41, 5.74) is 1.45. The van der Waals surface area contributed by atoms with Crippen LogP contribution in [-0.2, 0) is 5.88 Å². The fourth-order valence-electron chi connectivity index (χ4n) is 1.35. The number of hydrogen-bond acceptors (Lipinski definition) is 3. The normalized spacial score (nSPS) is 9.94. The van der Waals surface area contributed by atoms with Gasteiger partial charge in [-0.15, -0.1) is 16.7 Å². The van der Waals surface area contributed by atoms with Crippen molar-refractivity contribution in [1.82, 2.24) is 10.2 Å². The Kier molecular flexibility index (Phi) is 3.67. The van der Waals surface area contributed by atoms with E-state index in [-0.39, 0.29) is 5.91 Å². The van der Waals surface area contributed by atoms with E-state index in [1.165, 1.54) is 0 Å². The van der Waals surface area contributed by atoms with E-state index in [2.05, 4.69) is 15.5 Å². The summed E-state index contributed by atoms with van der Waals surface area (Å²) in [5.74, 6) is 0.581. The summed E-state index contributed by atoms with van der Waals surface area (Å²) in [6.07, 6.45) is 1.55. The van der Waals surface area contributed by atoms with Crippen LogP contribution in [0, 0.1) is 0 Å². The van der Waals surface area contributed by atoms with Crippen molar-refractivity contribution in [3.8, 4) is 0 Å². The van der Waals surface area contributed by atoms with Gasteiger partial charge < -0.3 is 5.32 Å². The molecule has 4 nitrogen and oxygen atoms in total. The van der Waals surface area contributed by atoms with E-state index in [0.717, 1.165) is 5.56 Å². The summed E-state index contributed by atoms with van der Waals surface area (Å²) in [4.78, 5) is 11.9. The van der Waals surface area contributed by atoms with Gasteiger partial charge in [-0.25, -0.2) is 0 Å². The number of carbonyl (C=O) groups excluding carboxylic acids is 1. The Morgan fingerprint density at radius 2 is 2.18 bits per heavy atom. The lowest BCUT2D eigenvalue weighted by Crippen LogP contribution is -2.13. The molecule has 0 atom stereocenters. The molecule has 0 aliphatic heterocycles. The monoisotopic (exact) mass is 247 g/mol. The molecule has 0 aliphatic carbocycles. The number of anilines is 1. The van der Waals surface area contributed by atoms with Gasteiger partial charge in [-0.3, -0.25) is 4.79 Å². The average molecular weight is 248 g/mol. The van der Waals surface area contributed by atoms with E-state index in [9.17, 15) is 4.79 Å². The summed E-state index contributed by atoms with van der Waals surface area (Å²) in [6, 6.07) is 10.5. The third-order valence-electron chi connectivity index (χ3n) is 2.16. The van der Waals surface area contributed by atoms with Gasteiger partial charge in [0, 0.05) is 17.6 Å². The van der Waals surface area contributed by atoms with Gasteiger partial charge in [0.1, 0.15) is 0 Å². The fourth-order valence-corrected chi connectivity index (χ4v) is 1.52. The van der Waals surface area contributed by atoms with E-state index >= 15 is 0 Å². The van der Waals surface area contributed by atoms with Crippen molar-refractivity contribution in [2.45, 2.75) is 5.88 Å². The second kappa shape index (κ2) is 5.41. The third-order valence-corrected chi connectivity index (χ3v) is 2.47. The summed E-state index contributed by atoms with van der Waals surface area (Å²) < 4.78 is 0. The molecule has 0 radical (unpaired) electrons. The highest BCUT2D eigenvalue weighted by Crippen LogP contribution is 2.09. The Morgan fingerprint density at radius 1 is 1.29 bits per heavy atom. The second-order valence-corrected chi connectivity index (χ2v) is 3.66. The predicted molar refractivity (Wildman–Crippen MR) is 66.0 cm³/mol. The molecule has 1 N–H and O–H groups in total. The van der Waals surface area contributed by atoms with Crippen molar-refractivity contribution in [3.05, 3.63) is 53.7 Å². The first-order valence-corrected chi connectivity index (χ1v) is 5.57. The maximum Gasteiger partial charge on any atom is 0.256 e. The molecule has 0 bridgehead atoms. The highest BCUT2D eigenvalue weighted by molar-refractivity contribution is 6.17. The van der Waals surface area contributed by atoms with Crippen molar-refractivity contribution < 1.29 is 4.79 Å². The highest BCUT2D eigenvalue weighted by atomic mass is 35.5. The number of hydrogen-bond donors (Lipinski definition) is 1. The zero-order valence-corrected chi connectivity index (χ0v) is 9.69. The van der Waals surface area contributed by atoms with Gasteiger partial charge in [0.15, 0.2) is 5.82 Å². The molecule has 0 fully saturated rings. The summed E-state index contributed by atoms with van der Waals surface area (Å²) in [7, 11) is 0. The number of aromatic nitrogens is 2. The van der Waals surface area contributed by atoms with Gasteiger partial charge in [-0.1, -0.05) is 12.1 Å². The van der Waals surface area contributed by atoms with Crippen LogP contribution >= 0.6 is 11.6 Å². The van der Waals surface area contributed by atoms with Crippen LogP contribution in [0.4, 0.5) is 5.82 Å². The van der Waals surface area contributed by atoms with E-state index in [1.54, 1.807) is 36.5 Å². The lowest BCUT2D eigenvalue weighted by molar-refractivity contribution is 0.102. The largest absolute Gasteiger partial charge is 0.305 e. The number of alkyl halides is 1. The van der Waals surface area contributed by atoms with Crippen LogP contribution in [0.3, 0.4) is 0 Å². The minimum Gasteiger partial charge on any atom is -0.305 e. The molecule has 17 heavy (non-hydrogen) atoms. The number of rotatable bonds is 3. The first kappa shape index (κ1) is 11.5. The van der Waals surface area contributed by atoms with Gasteiger partial charge in [0.2, 0.25) is 0 Å². The summed E-state index contributed by atoms with van der Waals surface area (Å²) in [6.45, 7) is 0. The van der Waals surface area contributed by atoms with Gasteiger partial charge >= 0.3 is 0 Å². The quantitative estimate of drug-likeness (QED) is 0.848. The van der Waals surface area contributed by atoms with Gasteiger partial charge in [0.05, 0.1) is 0 Å². The second-order valence-electron chi connectivity index (χ2n) is 3.40. The fraction of sp³-hybridized carbons (Fsp3) is 0.0833. The molecule has 0 saturated heterocycles. The Bertz CT molecular complexity index is 516. The number of nitrogens with zero attached hydrogens (tertiary/aromatic N) is 2. The topological polar surface area (TPSA) is 54.9 Å². The zero-order chi connectivity index (χ0) is 12.1. The maximum atomic E-state index is 11.9. The van der Waals surface area contributed by atoms with Gasteiger partial charge in [0.25, 0.3) is 5.91 Å². The molecule has 0 aliphatic rings. The molecular weight excluding hydrogens is 238 g/mol. The Hall–Kier alpha value is -1.94. The van der Waals surface area contributed by atoms with Crippen molar-refractivity contribution >= 4 is 23.3 Å². The molecule has 0 unspecified atom stereocenters. The minimum atomic E-state index is -0.225. The molecule has 0 spiro atoms. The number of halogens is 1. The molecule has 86 valence electrons. The van der Waals surface area contributed by atoms with Crippen LogP contribution in [-0.4, -0.2) is 16.1 Å². The van der Waals surface area contributed by atoms with Gasteiger partial charge in [-0.2, -0.15) is 5.10 Å². The zero-order valence-electron chi connectivity index (χ0n) is 8.93. The molecule has 1 aromatic carbocycles. The maximum absolute atomic E-state index is 11.9. The smallest absolute Gasteiger partial charge is 0.256 e. The van der Waals surface area contributed by atoms with Crippen LogP contribution in [0.1, 0.15) is 15.9 Å². The lowest BCUT2D eigenvalue weighted by atomic mass is 10.1. The third kappa shape index (κ3) is 3.01. The van der Waals surface area contributed by atoms with E-state index in [4.69, 9.17) is 11.6 Å². The van der Waals surface area contributed by atoms with E-state index in [0.29, 0.717) is 17.3 Å². The Morgan fingerprint density at radius 3 is 2.88 bits per heavy atom. The standard InChI is InChI=1S/C12H10ClN3O/c13-8-9-3-1-4-10(7-9)12(17)15-11-5-2-6-14-16-11/h1-7H,8H2,(H,15,16,17). The predicted octanol–water partition coefficient (Wildman–Crippen LogP) is 2.47. The number of carbonyl (C=O) groups is 1. The molecule has 2 rings (SSSR count). The Labute approximate surface area is 104 Å². The van der Waals surface area contributed by atoms with Crippen molar-refractivity contribution in [2.75, 3.05) is 5.32 Å². The molecule has 2 aromatic rings. The molecular formula is C12H10ClN3O. The molecule has 1 heterocycles. The van der Waals surface area contributed by atoms with Crippen LogP contribution < -0.4 is 5.32 Å². The van der Waals surface area contributed by atoms with Crippen molar-refractivity contribution in [3.63, 3.8) is 0 Å². The number of nitrogens with one attached hydrogen (secondary N) is 1. The van der Waals surface area contributed by atoms with Gasteiger partial charge in [-0.05, 0) is 29.8 Å². The van der Waals surface area contributed by atoms with Crippen LogP contribution in [0.5, 0.6) is 0 Å². The minimum absolute atomic E-state index is 0.225. The first-order valence-electron chi connectivity index (χ1n) is 5.03. The number of amides is 1. The Balaban J connectivity index is 2.14. The van der Waals surface area contributed by atoms with E-state index in [1.807, 2.05) is 6.07 Å². The summed E-state index contributed by atoms with van der Waals surface area (Å²) in [5, 5.41) is 10.1. The van der Waals surface area contributed by atoms with E-state index < -0.39 is 0 Å². The summed E-state index contributed by atoms with van der Waals surface area (Å²) >= 11 is 5.71. The SMILES string of the molecule is O=C(Nc1cccnn1)c1cccc(CCl)c1. The van der Waals surface area contributed by atoms with Crippen LogP contribution in [0.2, 0.25) is 0 Å². The highest BCUT2D eigenvalue weighted by Gasteiger charge is 2.06. The van der Waals surface area contributed by atoms with Crippen LogP contribution in [0.15, 0.2) is 42.6 Å². The molecule has 0 saturated carbocycles. The molecule has 1 amide bonds. The van der Waals surface area contributed by atoms with Crippen LogP contribution in [0.25, 0.3) is 0 Å². The first-order chi connectivity index (χ1) is 8.29. The molecule has 1 aromatic heterocycles. The number of benzene rings is 1. The average Bonchev–Trinajstić information content (AvgIpc) is 2.40. The van der Waals surface area contributed by atoms with Crippen molar-refractivity contribution in [2.24, 2.45) is 0 Å². The van der Waals surface area contributed by atoms with Crippen molar-refractivity contribution in [1.29, 1.82) is 0 Å². The lowest BCUT2D eigenvalue weighted by Gasteiger charge is -2.04. The molecule has 5 heteroatoms.